The molecule has 7 heteroatoms. The van der Waals surface area contributed by atoms with Gasteiger partial charge in [-0.15, -0.1) is 0 Å². The molecule has 0 aromatic heterocycles. The van der Waals surface area contributed by atoms with E-state index in [1.165, 1.54) is 0 Å². The minimum Gasteiger partial charge on any atom is -0.481 e. The highest BCUT2D eigenvalue weighted by atomic mass is 16.5. The summed E-state index contributed by atoms with van der Waals surface area (Å²) in [6, 6.07) is 26.6. The summed E-state index contributed by atoms with van der Waals surface area (Å²) in [4.78, 5) is 39.4. The molecule has 0 spiro atoms. The molecule has 1 saturated carbocycles. The Balaban J connectivity index is 1.35. The second kappa shape index (κ2) is 13.6. The zero-order valence-electron chi connectivity index (χ0n) is 22.2. The van der Waals surface area contributed by atoms with Crippen molar-refractivity contribution in [3.8, 4) is 11.5 Å². The Bertz CT molecular complexity index is 1230. The summed E-state index contributed by atoms with van der Waals surface area (Å²) in [5, 5.41) is 9.51. The quantitative estimate of drug-likeness (QED) is 0.270. The molecule has 1 aliphatic rings. The van der Waals surface area contributed by atoms with Crippen molar-refractivity contribution in [2.75, 3.05) is 6.54 Å². The standard InChI is InChI=1S/C32H35NO6/c1-2-17-33(21-23-13-15-27(16-14-23)39-26-11-7-4-8-12-26)32(37)29-18-25(28(29)20-30(34)35)19-31(36)38-22-24-9-5-3-6-10-24/h3-16,25,28-29H,2,17-22H2,1H3,(H,34,35). The topological polar surface area (TPSA) is 93.1 Å². The Morgan fingerprint density at radius 3 is 2.13 bits per heavy atom. The van der Waals surface area contributed by atoms with Crippen molar-refractivity contribution in [3.05, 3.63) is 96.1 Å². The molecule has 3 unspecified atom stereocenters. The Labute approximate surface area is 229 Å². The summed E-state index contributed by atoms with van der Waals surface area (Å²) in [5.74, 6) is -0.912. The van der Waals surface area contributed by atoms with Crippen LogP contribution in [0, 0.1) is 17.8 Å². The number of benzene rings is 3. The number of hydrogen-bond donors (Lipinski definition) is 1. The van der Waals surface area contributed by atoms with Crippen LogP contribution in [0.4, 0.5) is 0 Å². The lowest BCUT2D eigenvalue weighted by Gasteiger charge is -2.44. The summed E-state index contributed by atoms with van der Waals surface area (Å²) in [5.41, 5.74) is 1.86. The average molecular weight is 530 g/mol. The molecule has 39 heavy (non-hydrogen) atoms. The van der Waals surface area contributed by atoms with Crippen LogP contribution in [0.5, 0.6) is 11.5 Å². The Morgan fingerprint density at radius 2 is 1.49 bits per heavy atom. The summed E-state index contributed by atoms with van der Waals surface area (Å²) < 4.78 is 11.3. The Morgan fingerprint density at radius 1 is 0.846 bits per heavy atom. The van der Waals surface area contributed by atoms with Gasteiger partial charge in [0.1, 0.15) is 18.1 Å². The van der Waals surface area contributed by atoms with Gasteiger partial charge >= 0.3 is 11.9 Å². The van der Waals surface area contributed by atoms with Gasteiger partial charge in [0, 0.05) is 31.8 Å². The predicted octanol–water partition coefficient (Wildman–Crippen LogP) is 6.08. The molecule has 0 aliphatic heterocycles. The van der Waals surface area contributed by atoms with E-state index in [2.05, 4.69) is 0 Å². The highest BCUT2D eigenvalue weighted by Gasteiger charge is 2.48. The second-order valence-electron chi connectivity index (χ2n) is 10.0. The van der Waals surface area contributed by atoms with E-state index in [1.54, 1.807) is 4.90 Å². The van der Waals surface area contributed by atoms with E-state index in [0.717, 1.165) is 23.3 Å². The number of carbonyl (C=O) groups is 3. The van der Waals surface area contributed by atoms with Crippen LogP contribution < -0.4 is 4.74 Å². The summed E-state index contributed by atoms with van der Waals surface area (Å²) in [6.07, 6.45) is 1.25. The number of carbonyl (C=O) groups excluding carboxylic acids is 2. The van der Waals surface area contributed by atoms with Gasteiger partial charge in [0.05, 0.1) is 0 Å². The van der Waals surface area contributed by atoms with Crippen LogP contribution in [0.2, 0.25) is 0 Å². The normalized spacial score (nSPS) is 18.0. The largest absolute Gasteiger partial charge is 0.481 e. The maximum atomic E-state index is 13.6. The number of para-hydroxylation sites is 1. The fraction of sp³-hybridized carbons (Fsp3) is 0.344. The average Bonchev–Trinajstić information content (AvgIpc) is 2.94. The number of carboxylic acids is 1. The van der Waals surface area contributed by atoms with Gasteiger partial charge in [-0.2, -0.15) is 0 Å². The summed E-state index contributed by atoms with van der Waals surface area (Å²) >= 11 is 0. The number of hydrogen-bond acceptors (Lipinski definition) is 5. The van der Waals surface area contributed by atoms with Gasteiger partial charge in [-0.3, -0.25) is 14.4 Å². The molecule has 0 heterocycles. The van der Waals surface area contributed by atoms with E-state index in [0.29, 0.717) is 25.3 Å². The Hall–Kier alpha value is -4.13. The highest BCUT2D eigenvalue weighted by Crippen LogP contribution is 2.46. The number of carboxylic acid groups (broad SMARTS) is 1. The van der Waals surface area contributed by atoms with Crippen molar-refractivity contribution in [1.29, 1.82) is 0 Å². The molecule has 0 radical (unpaired) electrons. The zero-order valence-corrected chi connectivity index (χ0v) is 22.2. The third kappa shape index (κ3) is 7.93. The van der Waals surface area contributed by atoms with Gasteiger partial charge < -0.3 is 19.5 Å². The Kier molecular flexibility index (Phi) is 9.73. The number of rotatable bonds is 13. The van der Waals surface area contributed by atoms with Gasteiger partial charge in [0.15, 0.2) is 0 Å². The smallest absolute Gasteiger partial charge is 0.306 e. The number of ether oxygens (including phenoxy) is 2. The van der Waals surface area contributed by atoms with Crippen molar-refractivity contribution >= 4 is 17.8 Å². The lowest BCUT2D eigenvalue weighted by atomic mass is 9.61. The van der Waals surface area contributed by atoms with Crippen molar-refractivity contribution in [1.82, 2.24) is 4.90 Å². The van der Waals surface area contributed by atoms with Crippen molar-refractivity contribution in [2.45, 2.75) is 45.8 Å². The molecule has 7 nitrogen and oxygen atoms in total. The molecule has 1 N–H and O–H groups in total. The van der Waals surface area contributed by atoms with Crippen LogP contribution >= 0.6 is 0 Å². The van der Waals surface area contributed by atoms with E-state index in [4.69, 9.17) is 9.47 Å². The maximum Gasteiger partial charge on any atom is 0.306 e. The molecule has 3 atom stereocenters. The first-order valence-corrected chi connectivity index (χ1v) is 13.4. The van der Waals surface area contributed by atoms with Crippen LogP contribution in [-0.2, 0) is 32.3 Å². The zero-order chi connectivity index (χ0) is 27.6. The second-order valence-corrected chi connectivity index (χ2v) is 10.0. The van der Waals surface area contributed by atoms with Gasteiger partial charge in [0.2, 0.25) is 5.91 Å². The van der Waals surface area contributed by atoms with E-state index >= 15 is 0 Å². The lowest BCUT2D eigenvalue weighted by Crippen LogP contribution is -2.49. The van der Waals surface area contributed by atoms with Gasteiger partial charge in [-0.05, 0) is 60.1 Å². The monoisotopic (exact) mass is 529 g/mol. The third-order valence-corrected chi connectivity index (χ3v) is 7.16. The van der Waals surface area contributed by atoms with Crippen molar-refractivity contribution in [3.63, 3.8) is 0 Å². The predicted molar refractivity (Wildman–Crippen MR) is 147 cm³/mol. The first-order valence-electron chi connectivity index (χ1n) is 13.4. The van der Waals surface area contributed by atoms with Crippen LogP contribution in [0.25, 0.3) is 0 Å². The first-order chi connectivity index (χ1) is 18.9. The molecule has 3 aromatic carbocycles. The maximum absolute atomic E-state index is 13.6. The number of amides is 1. The number of esters is 1. The fourth-order valence-corrected chi connectivity index (χ4v) is 5.13. The molecule has 0 bridgehead atoms. The SMILES string of the molecule is CCCN(Cc1ccc(Oc2ccccc2)cc1)C(=O)C1CC(CC(=O)OCc2ccccc2)C1CC(=O)O. The molecule has 4 rings (SSSR count). The lowest BCUT2D eigenvalue weighted by molar-refractivity contribution is -0.157. The van der Waals surface area contributed by atoms with E-state index in [1.807, 2.05) is 91.9 Å². The number of aliphatic carboxylic acids is 1. The molecule has 1 aliphatic carbocycles. The third-order valence-electron chi connectivity index (χ3n) is 7.16. The highest BCUT2D eigenvalue weighted by molar-refractivity contribution is 5.82. The van der Waals surface area contributed by atoms with Gasteiger partial charge in [-0.25, -0.2) is 0 Å². The molecule has 1 amide bonds. The minimum atomic E-state index is -0.962. The van der Waals surface area contributed by atoms with Crippen LogP contribution in [0.1, 0.15) is 43.7 Å². The molecule has 3 aromatic rings. The van der Waals surface area contributed by atoms with Crippen molar-refractivity contribution in [2.24, 2.45) is 17.8 Å². The molecule has 1 fully saturated rings. The molecular formula is C32H35NO6. The van der Waals surface area contributed by atoms with Crippen molar-refractivity contribution < 1.29 is 29.0 Å². The van der Waals surface area contributed by atoms with Crippen LogP contribution in [0.15, 0.2) is 84.9 Å². The molecule has 0 saturated heterocycles. The first kappa shape index (κ1) is 27.9. The molecule has 204 valence electrons. The summed E-state index contributed by atoms with van der Waals surface area (Å²) in [7, 11) is 0. The summed E-state index contributed by atoms with van der Waals surface area (Å²) in [6.45, 7) is 3.19. The van der Waals surface area contributed by atoms with E-state index in [-0.39, 0.29) is 43.2 Å². The molecular weight excluding hydrogens is 494 g/mol. The minimum absolute atomic E-state index is 0.0541. The van der Waals surface area contributed by atoms with Gasteiger partial charge in [0.25, 0.3) is 0 Å². The van der Waals surface area contributed by atoms with Crippen LogP contribution in [0.3, 0.4) is 0 Å². The number of nitrogens with zero attached hydrogens (tertiary/aromatic N) is 1. The van der Waals surface area contributed by atoms with E-state index < -0.39 is 11.9 Å². The van der Waals surface area contributed by atoms with Crippen LogP contribution in [-0.4, -0.2) is 34.4 Å². The fourth-order valence-electron chi connectivity index (χ4n) is 5.13. The van der Waals surface area contributed by atoms with Gasteiger partial charge in [-0.1, -0.05) is 67.6 Å². The van der Waals surface area contributed by atoms with E-state index in [9.17, 15) is 19.5 Å².